The molecule has 0 spiro atoms. The maximum atomic E-state index is 12.1. The maximum absolute atomic E-state index is 12.1. The first-order valence-corrected chi connectivity index (χ1v) is 7.30. The number of aryl methyl sites for hydroxylation is 1. The number of nitrogens with one attached hydrogen (secondary N) is 1. The number of rotatable bonds is 4. The van der Waals surface area contributed by atoms with E-state index in [1.165, 1.54) is 12.8 Å². The van der Waals surface area contributed by atoms with Crippen LogP contribution in [0.2, 0.25) is 0 Å². The van der Waals surface area contributed by atoms with E-state index in [-0.39, 0.29) is 18.3 Å². The van der Waals surface area contributed by atoms with Crippen molar-refractivity contribution in [3.05, 3.63) is 29.3 Å². The number of carbonyl (C=O) groups is 1. The van der Waals surface area contributed by atoms with Crippen LogP contribution >= 0.6 is 0 Å². The van der Waals surface area contributed by atoms with Crippen LogP contribution in [0.5, 0.6) is 5.75 Å². The molecule has 1 fully saturated rings. The number of phenols is 1. The maximum Gasteiger partial charge on any atom is 0.251 e. The lowest BCUT2D eigenvalue weighted by atomic mass is 9.79. The van der Waals surface area contributed by atoms with Crippen LogP contribution in [0, 0.1) is 18.8 Å². The fourth-order valence-corrected chi connectivity index (χ4v) is 2.92. The molecule has 1 aliphatic rings. The van der Waals surface area contributed by atoms with Gasteiger partial charge < -0.3 is 15.5 Å². The Bertz CT molecular complexity index is 473. The number of hydrogen-bond donors (Lipinski definition) is 3. The molecule has 0 aliphatic heterocycles. The fraction of sp³-hybridized carbons (Fsp3) is 0.562. The molecule has 1 aliphatic carbocycles. The van der Waals surface area contributed by atoms with E-state index in [0.29, 0.717) is 29.5 Å². The minimum atomic E-state index is -0.115. The molecule has 2 atom stereocenters. The zero-order valence-electron chi connectivity index (χ0n) is 11.9. The van der Waals surface area contributed by atoms with Crippen LogP contribution in [-0.2, 0) is 0 Å². The number of phenolic OH excluding ortho intramolecular Hbond substituents is 1. The molecule has 4 nitrogen and oxygen atoms in total. The average molecular weight is 277 g/mol. The second-order valence-corrected chi connectivity index (χ2v) is 5.70. The predicted octanol–water partition coefficient (Wildman–Crippen LogP) is 2.23. The third-order valence-corrected chi connectivity index (χ3v) is 4.28. The van der Waals surface area contributed by atoms with Gasteiger partial charge in [-0.2, -0.15) is 0 Å². The molecule has 20 heavy (non-hydrogen) atoms. The van der Waals surface area contributed by atoms with Gasteiger partial charge in [-0.15, -0.1) is 0 Å². The van der Waals surface area contributed by atoms with Gasteiger partial charge in [-0.1, -0.05) is 12.8 Å². The first-order chi connectivity index (χ1) is 9.61. The van der Waals surface area contributed by atoms with Crippen LogP contribution in [0.25, 0.3) is 0 Å². The van der Waals surface area contributed by atoms with Crippen LogP contribution in [0.1, 0.15) is 41.6 Å². The van der Waals surface area contributed by atoms with E-state index < -0.39 is 0 Å². The molecule has 3 N–H and O–H groups in total. The molecule has 0 bridgehead atoms. The molecule has 2 unspecified atom stereocenters. The predicted molar refractivity (Wildman–Crippen MR) is 77.7 cm³/mol. The Morgan fingerprint density at radius 1 is 1.30 bits per heavy atom. The van der Waals surface area contributed by atoms with Crippen molar-refractivity contribution < 1.29 is 15.0 Å². The summed E-state index contributed by atoms with van der Waals surface area (Å²) in [5.41, 5.74) is 1.26. The Labute approximate surface area is 119 Å². The number of aromatic hydroxyl groups is 1. The van der Waals surface area contributed by atoms with E-state index in [9.17, 15) is 15.0 Å². The molecule has 1 aromatic rings. The van der Waals surface area contributed by atoms with E-state index >= 15 is 0 Å². The summed E-state index contributed by atoms with van der Waals surface area (Å²) in [7, 11) is 0. The SMILES string of the molecule is Cc1cc(C(=O)NCC2CCCCC2CO)ccc1O. The highest BCUT2D eigenvalue weighted by Gasteiger charge is 2.24. The minimum absolute atomic E-state index is 0.115. The molecule has 0 radical (unpaired) electrons. The van der Waals surface area contributed by atoms with Crippen molar-refractivity contribution >= 4 is 5.91 Å². The average Bonchev–Trinajstić information content (AvgIpc) is 2.47. The molecule has 1 amide bonds. The summed E-state index contributed by atoms with van der Waals surface area (Å²) in [6.07, 6.45) is 4.47. The molecule has 0 aromatic heterocycles. The van der Waals surface area contributed by atoms with Crippen molar-refractivity contribution in [3.63, 3.8) is 0 Å². The van der Waals surface area contributed by atoms with Gasteiger partial charge in [-0.3, -0.25) is 4.79 Å². The minimum Gasteiger partial charge on any atom is -0.508 e. The summed E-state index contributed by atoms with van der Waals surface area (Å²) in [5, 5.41) is 21.8. The Morgan fingerprint density at radius 3 is 2.65 bits per heavy atom. The van der Waals surface area contributed by atoms with Crippen LogP contribution < -0.4 is 5.32 Å². The number of amides is 1. The monoisotopic (exact) mass is 277 g/mol. The molecule has 1 aromatic carbocycles. The lowest BCUT2D eigenvalue weighted by Gasteiger charge is -2.30. The highest BCUT2D eigenvalue weighted by Crippen LogP contribution is 2.29. The zero-order chi connectivity index (χ0) is 14.5. The molecular weight excluding hydrogens is 254 g/mol. The van der Waals surface area contributed by atoms with E-state index in [1.54, 1.807) is 25.1 Å². The topological polar surface area (TPSA) is 69.6 Å². The molecule has 2 rings (SSSR count). The largest absolute Gasteiger partial charge is 0.508 e. The van der Waals surface area contributed by atoms with Crippen molar-refractivity contribution in [2.45, 2.75) is 32.6 Å². The Morgan fingerprint density at radius 2 is 2.00 bits per heavy atom. The van der Waals surface area contributed by atoms with Crippen molar-refractivity contribution in [3.8, 4) is 5.75 Å². The Hall–Kier alpha value is -1.55. The molecular formula is C16H23NO3. The quantitative estimate of drug-likeness (QED) is 0.790. The first kappa shape index (κ1) is 14.9. The number of benzene rings is 1. The van der Waals surface area contributed by atoms with Crippen molar-refractivity contribution in [2.24, 2.45) is 11.8 Å². The van der Waals surface area contributed by atoms with Gasteiger partial charge in [0.2, 0.25) is 0 Å². The first-order valence-electron chi connectivity index (χ1n) is 7.30. The van der Waals surface area contributed by atoms with Crippen LogP contribution in [-0.4, -0.2) is 29.3 Å². The molecule has 0 heterocycles. The Balaban J connectivity index is 1.92. The molecule has 110 valence electrons. The summed E-state index contributed by atoms with van der Waals surface area (Å²) in [5.74, 6) is 0.769. The highest BCUT2D eigenvalue weighted by molar-refractivity contribution is 5.94. The summed E-state index contributed by atoms with van der Waals surface area (Å²) >= 11 is 0. The molecule has 1 saturated carbocycles. The number of aliphatic hydroxyl groups excluding tert-OH is 1. The van der Waals surface area contributed by atoms with Crippen molar-refractivity contribution in [1.82, 2.24) is 5.32 Å². The van der Waals surface area contributed by atoms with E-state index in [4.69, 9.17) is 0 Å². The third kappa shape index (κ3) is 3.51. The van der Waals surface area contributed by atoms with E-state index in [1.807, 2.05) is 0 Å². The third-order valence-electron chi connectivity index (χ3n) is 4.28. The second-order valence-electron chi connectivity index (χ2n) is 5.70. The standard InChI is InChI=1S/C16H23NO3/c1-11-8-12(6-7-15(11)19)16(20)17-9-13-4-2-3-5-14(13)10-18/h6-8,13-14,18-19H,2-5,9-10H2,1H3,(H,17,20). The van der Waals surface area contributed by atoms with Crippen LogP contribution in [0.15, 0.2) is 18.2 Å². The van der Waals surface area contributed by atoms with Gasteiger partial charge in [0, 0.05) is 18.7 Å². The van der Waals surface area contributed by atoms with Gasteiger partial charge in [0.25, 0.3) is 5.91 Å². The van der Waals surface area contributed by atoms with Crippen LogP contribution in [0.4, 0.5) is 0 Å². The highest BCUT2D eigenvalue weighted by atomic mass is 16.3. The number of hydrogen-bond acceptors (Lipinski definition) is 3. The summed E-state index contributed by atoms with van der Waals surface area (Å²) in [6, 6.07) is 4.86. The number of carbonyl (C=O) groups excluding carboxylic acids is 1. The fourth-order valence-electron chi connectivity index (χ4n) is 2.92. The summed E-state index contributed by atoms with van der Waals surface area (Å²) < 4.78 is 0. The van der Waals surface area contributed by atoms with Gasteiger partial charge in [0.05, 0.1) is 0 Å². The van der Waals surface area contributed by atoms with E-state index in [2.05, 4.69) is 5.32 Å². The normalized spacial score (nSPS) is 22.5. The molecule has 4 heteroatoms. The molecule has 0 saturated heterocycles. The van der Waals surface area contributed by atoms with Gasteiger partial charge in [-0.25, -0.2) is 0 Å². The van der Waals surface area contributed by atoms with E-state index in [0.717, 1.165) is 12.8 Å². The smallest absolute Gasteiger partial charge is 0.251 e. The number of aliphatic hydroxyl groups is 1. The van der Waals surface area contributed by atoms with Gasteiger partial charge >= 0.3 is 0 Å². The second kappa shape index (κ2) is 6.75. The summed E-state index contributed by atoms with van der Waals surface area (Å²) in [4.78, 5) is 12.1. The zero-order valence-corrected chi connectivity index (χ0v) is 11.9. The van der Waals surface area contributed by atoms with Crippen LogP contribution in [0.3, 0.4) is 0 Å². The van der Waals surface area contributed by atoms with Gasteiger partial charge in [-0.05, 0) is 55.4 Å². The summed E-state index contributed by atoms with van der Waals surface area (Å²) in [6.45, 7) is 2.60. The lowest BCUT2D eigenvalue weighted by molar-refractivity contribution is 0.0909. The lowest BCUT2D eigenvalue weighted by Crippen LogP contribution is -2.35. The Kier molecular flexibility index (Phi) is 5.01. The van der Waals surface area contributed by atoms with Gasteiger partial charge in [0.15, 0.2) is 0 Å². The van der Waals surface area contributed by atoms with Crippen molar-refractivity contribution in [2.75, 3.05) is 13.2 Å². The van der Waals surface area contributed by atoms with Gasteiger partial charge in [0.1, 0.15) is 5.75 Å². The van der Waals surface area contributed by atoms with Crippen molar-refractivity contribution in [1.29, 1.82) is 0 Å².